The highest BCUT2D eigenvalue weighted by atomic mass is 16.3. The number of rotatable bonds is 6. The summed E-state index contributed by atoms with van der Waals surface area (Å²) >= 11 is 0. The minimum Gasteiger partial charge on any atom is -0.390 e. The molecule has 100 valence electrons. The molecule has 0 spiro atoms. The van der Waals surface area contributed by atoms with E-state index in [-0.39, 0.29) is 5.91 Å². The van der Waals surface area contributed by atoms with E-state index in [4.69, 9.17) is 0 Å². The van der Waals surface area contributed by atoms with E-state index in [1.807, 2.05) is 23.9 Å². The molecule has 1 aliphatic heterocycles. The lowest BCUT2D eigenvalue weighted by molar-refractivity contribution is -0.131. The van der Waals surface area contributed by atoms with E-state index >= 15 is 0 Å². The highest BCUT2D eigenvalue weighted by molar-refractivity contribution is 5.78. The molecule has 0 saturated carbocycles. The Morgan fingerprint density at radius 3 is 2.59 bits per heavy atom. The molecule has 0 aromatic rings. The first kappa shape index (κ1) is 14.4. The quantitative estimate of drug-likeness (QED) is 0.661. The van der Waals surface area contributed by atoms with Gasteiger partial charge in [-0.05, 0) is 33.4 Å². The number of hydrogen-bond donors (Lipinski definition) is 2. The van der Waals surface area contributed by atoms with E-state index < -0.39 is 6.10 Å². The standard InChI is InChI=1S/C12H25N3O2/c1-14(2)10-11(16)8-13-9-12(17)15-6-4-3-5-7-15/h11,13,16H,3-10H2,1-2H3. The third-order valence-electron chi connectivity index (χ3n) is 2.94. The zero-order chi connectivity index (χ0) is 12.7. The van der Waals surface area contributed by atoms with Crippen LogP contribution in [0, 0.1) is 0 Å². The summed E-state index contributed by atoms with van der Waals surface area (Å²) in [5.74, 6) is 0.154. The number of likely N-dealkylation sites (tertiary alicyclic amines) is 1. The van der Waals surface area contributed by atoms with Crippen molar-refractivity contribution in [2.75, 3.05) is 46.8 Å². The molecule has 0 bridgehead atoms. The van der Waals surface area contributed by atoms with Crippen molar-refractivity contribution in [1.29, 1.82) is 0 Å². The summed E-state index contributed by atoms with van der Waals surface area (Å²) in [6, 6.07) is 0. The van der Waals surface area contributed by atoms with Crippen molar-refractivity contribution in [3.8, 4) is 0 Å². The summed E-state index contributed by atoms with van der Waals surface area (Å²) in [5.41, 5.74) is 0. The third kappa shape index (κ3) is 6.00. The fourth-order valence-corrected chi connectivity index (χ4v) is 2.09. The maximum atomic E-state index is 11.8. The molecule has 0 aromatic carbocycles. The average molecular weight is 243 g/mol. The molecule has 1 aliphatic rings. The molecular formula is C12H25N3O2. The number of aliphatic hydroxyl groups excluding tert-OH is 1. The summed E-state index contributed by atoms with van der Waals surface area (Å²) < 4.78 is 0. The second-order valence-corrected chi connectivity index (χ2v) is 4.99. The Morgan fingerprint density at radius 2 is 2.00 bits per heavy atom. The minimum absolute atomic E-state index is 0.154. The maximum absolute atomic E-state index is 11.8. The molecule has 0 aromatic heterocycles. The molecule has 17 heavy (non-hydrogen) atoms. The number of nitrogens with one attached hydrogen (secondary N) is 1. The van der Waals surface area contributed by atoms with Gasteiger partial charge in [-0.2, -0.15) is 0 Å². The van der Waals surface area contributed by atoms with Crippen molar-refractivity contribution in [3.05, 3.63) is 0 Å². The molecule has 1 amide bonds. The van der Waals surface area contributed by atoms with Crippen molar-refractivity contribution in [2.24, 2.45) is 0 Å². The molecule has 2 N–H and O–H groups in total. The van der Waals surface area contributed by atoms with E-state index in [0.29, 0.717) is 19.6 Å². The van der Waals surface area contributed by atoms with Gasteiger partial charge in [-0.25, -0.2) is 0 Å². The highest BCUT2D eigenvalue weighted by Crippen LogP contribution is 2.08. The Morgan fingerprint density at radius 1 is 1.35 bits per heavy atom. The summed E-state index contributed by atoms with van der Waals surface area (Å²) in [6.45, 7) is 3.20. The van der Waals surface area contributed by atoms with Crippen LogP contribution in [0.3, 0.4) is 0 Å². The summed E-state index contributed by atoms with van der Waals surface area (Å²) in [4.78, 5) is 15.6. The second-order valence-electron chi connectivity index (χ2n) is 4.99. The van der Waals surface area contributed by atoms with Crippen LogP contribution < -0.4 is 5.32 Å². The second kappa shape index (κ2) is 7.63. The van der Waals surface area contributed by atoms with Crippen LogP contribution in [-0.2, 0) is 4.79 Å². The molecule has 5 heteroatoms. The van der Waals surface area contributed by atoms with Gasteiger partial charge < -0.3 is 20.2 Å². The fourth-order valence-electron chi connectivity index (χ4n) is 2.09. The van der Waals surface area contributed by atoms with Crippen molar-refractivity contribution < 1.29 is 9.90 Å². The van der Waals surface area contributed by atoms with Gasteiger partial charge in [-0.3, -0.25) is 4.79 Å². The lowest BCUT2D eigenvalue weighted by atomic mass is 10.1. The van der Waals surface area contributed by atoms with Crippen LogP contribution >= 0.6 is 0 Å². The third-order valence-corrected chi connectivity index (χ3v) is 2.94. The van der Waals surface area contributed by atoms with E-state index in [2.05, 4.69) is 5.32 Å². The number of nitrogens with zero attached hydrogens (tertiary/aromatic N) is 2. The molecule has 1 rings (SSSR count). The molecule has 1 atom stereocenters. The highest BCUT2D eigenvalue weighted by Gasteiger charge is 2.16. The Hall–Kier alpha value is -0.650. The van der Waals surface area contributed by atoms with E-state index in [0.717, 1.165) is 25.9 Å². The van der Waals surface area contributed by atoms with Gasteiger partial charge in [0.1, 0.15) is 0 Å². The number of likely N-dealkylation sites (N-methyl/N-ethyl adjacent to an activating group) is 1. The van der Waals surface area contributed by atoms with Gasteiger partial charge >= 0.3 is 0 Å². The smallest absolute Gasteiger partial charge is 0.236 e. The van der Waals surface area contributed by atoms with Gasteiger partial charge in [0.25, 0.3) is 0 Å². The maximum Gasteiger partial charge on any atom is 0.236 e. The Bertz CT molecular complexity index is 228. The predicted octanol–water partition coefficient (Wildman–Crippen LogP) is -0.489. The topological polar surface area (TPSA) is 55.8 Å². The number of hydrogen-bond acceptors (Lipinski definition) is 4. The minimum atomic E-state index is -0.417. The summed E-state index contributed by atoms with van der Waals surface area (Å²) in [7, 11) is 3.84. The van der Waals surface area contributed by atoms with Crippen molar-refractivity contribution >= 4 is 5.91 Å². The number of aliphatic hydroxyl groups is 1. The molecular weight excluding hydrogens is 218 g/mol. The van der Waals surface area contributed by atoms with Crippen LogP contribution in [0.1, 0.15) is 19.3 Å². The van der Waals surface area contributed by atoms with Gasteiger partial charge in [-0.15, -0.1) is 0 Å². The largest absolute Gasteiger partial charge is 0.390 e. The molecule has 0 aliphatic carbocycles. The Kier molecular flexibility index (Phi) is 6.47. The van der Waals surface area contributed by atoms with Gasteiger partial charge in [0, 0.05) is 26.2 Å². The lowest BCUT2D eigenvalue weighted by Crippen LogP contribution is -2.43. The van der Waals surface area contributed by atoms with Crippen LogP contribution in [0.4, 0.5) is 0 Å². The van der Waals surface area contributed by atoms with Crippen molar-refractivity contribution in [3.63, 3.8) is 0 Å². The van der Waals surface area contributed by atoms with Crippen molar-refractivity contribution in [1.82, 2.24) is 15.1 Å². The zero-order valence-electron chi connectivity index (χ0n) is 11.0. The first-order valence-electron chi connectivity index (χ1n) is 6.41. The monoisotopic (exact) mass is 243 g/mol. The van der Waals surface area contributed by atoms with E-state index in [9.17, 15) is 9.90 Å². The lowest BCUT2D eigenvalue weighted by Gasteiger charge is -2.27. The normalized spacial score (nSPS) is 18.5. The SMILES string of the molecule is CN(C)CC(O)CNCC(=O)N1CCCCC1. The summed E-state index contributed by atoms with van der Waals surface area (Å²) in [5, 5.41) is 12.6. The molecule has 5 nitrogen and oxygen atoms in total. The number of amides is 1. The Labute approximate surface area is 104 Å². The molecule has 1 fully saturated rings. The van der Waals surface area contributed by atoms with Gasteiger partial charge in [0.2, 0.25) is 5.91 Å². The van der Waals surface area contributed by atoms with E-state index in [1.54, 1.807) is 0 Å². The van der Waals surface area contributed by atoms with Crippen LogP contribution in [-0.4, -0.2) is 73.7 Å². The fraction of sp³-hybridized carbons (Fsp3) is 0.917. The van der Waals surface area contributed by atoms with Gasteiger partial charge in [-0.1, -0.05) is 0 Å². The molecule has 0 radical (unpaired) electrons. The summed E-state index contributed by atoms with van der Waals surface area (Å²) in [6.07, 6.45) is 3.06. The van der Waals surface area contributed by atoms with Crippen LogP contribution in [0.25, 0.3) is 0 Å². The van der Waals surface area contributed by atoms with Crippen LogP contribution in [0.2, 0.25) is 0 Å². The predicted molar refractivity (Wildman–Crippen MR) is 67.9 cm³/mol. The first-order chi connectivity index (χ1) is 8.09. The number of piperidine rings is 1. The molecule has 1 heterocycles. The average Bonchev–Trinajstić information content (AvgIpc) is 2.29. The first-order valence-corrected chi connectivity index (χ1v) is 6.41. The van der Waals surface area contributed by atoms with E-state index in [1.165, 1.54) is 6.42 Å². The van der Waals surface area contributed by atoms with Crippen LogP contribution in [0.5, 0.6) is 0 Å². The van der Waals surface area contributed by atoms with Crippen molar-refractivity contribution in [2.45, 2.75) is 25.4 Å². The number of carbonyl (C=O) groups is 1. The van der Waals surface area contributed by atoms with Crippen LogP contribution in [0.15, 0.2) is 0 Å². The zero-order valence-corrected chi connectivity index (χ0v) is 11.0. The van der Waals surface area contributed by atoms with Gasteiger partial charge in [0.05, 0.1) is 12.6 Å². The Balaban J connectivity index is 2.10. The number of carbonyl (C=O) groups excluding carboxylic acids is 1. The van der Waals surface area contributed by atoms with Gasteiger partial charge in [0.15, 0.2) is 0 Å². The molecule has 1 saturated heterocycles. The molecule has 1 unspecified atom stereocenters.